The summed E-state index contributed by atoms with van der Waals surface area (Å²) in [4.78, 5) is 18.9. The number of pyridine rings is 1. The molecule has 2 aromatic rings. The van der Waals surface area contributed by atoms with E-state index in [1.54, 1.807) is 24.3 Å². The van der Waals surface area contributed by atoms with Crippen molar-refractivity contribution in [1.29, 1.82) is 0 Å². The maximum Gasteiger partial charge on any atom is 0.290 e. The molecule has 0 aliphatic carbocycles. The SMILES string of the molecule is CCC(Nc1cc(C)c([N+](=O)[O-])cn1)c1nc(C)cs1. The van der Waals surface area contributed by atoms with Crippen LogP contribution in [0, 0.1) is 24.0 Å². The summed E-state index contributed by atoms with van der Waals surface area (Å²) in [5, 5.41) is 17.1. The van der Waals surface area contributed by atoms with E-state index in [1.807, 2.05) is 12.3 Å². The van der Waals surface area contributed by atoms with Crippen LogP contribution in [0.25, 0.3) is 0 Å². The van der Waals surface area contributed by atoms with Crippen LogP contribution in [0.15, 0.2) is 17.6 Å². The molecular weight excluding hydrogens is 276 g/mol. The predicted octanol–water partition coefficient (Wildman–Crippen LogP) is 3.63. The molecule has 0 amide bonds. The van der Waals surface area contributed by atoms with E-state index in [2.05, 4.69) is 22.2 Å². The van der Waals surface area contributed by atoms with E-state index in [0.717, 1.165) is 17.1 Å². The number of aromatic nitrogens is 2. The highest BCUT2D eigenvalue weighted by atomic mass is 32.1. The van der Waals surface area contributed by atoms with Gasteiger partial charge in [-0.3, -0.25) is 10.1 Å². The Balaban J connectivity index is 2.20. The maximum absolute atomic E-state index is 10.8. The number of nitrogens with zero attached hydrogens (tertiary/aromatic N) is 3. The van der Waals surface area contributed by atoms with E-state index in [0.29, 0.717) is 11.4 Å². The molecule has 1 unspecified atom stereocenters. The molecule has 0 aliphatic heterocycles. The lowest BCUT2D eigenvalue weighted by atomic mass is 10.2. The van der Waals surface area contributed by atoms with Crippen LogP contribution in [0.2, 0.25) is 0 Å². The van der Waals surface area contributed by atoms with Crippen LogP contribution in [-0.4, -0.2) is 14.9 Å². The highest BCUT2D eigenvalue weighted by Gasteiger charge is 2.16. The van der Waals surface area contributed by atoms with Crippen molar-refractivity contribution < 1.29 is 4.92 Å². The van der Waals surface area contributed by atoms with Gasteiger partial charge in [-0.1, -0.05) is 6.92 Å². The van der Waals surface area contributed by atoms with E-state index in [-0.39, 0.29) is 11.7 Å². The summed E-state index contributed by atoms with van der Waals surface area (Å²) in [7, 11) is 0. The lowest BCUT2D eigenvalue weighted by molar-refractivity contribution is -0.385. The van der Waals surface area contributed by atoms with E-state index < -0.39 is 4.92 Å². The van der Waals surface area contributed by atoms with Crippen molar-refractivity contribution in [1.82, 2.24) is 9.97 Å². The van der Waals surface area contributed by atoms with Gasteiger partial charge in [-0.15, -0.1) is 11.3 Å². The number of aryl methyl sites for hydroxylation is 2. The van der Waals surface area contributed by atoms with Crippen LogP contribution in [0.4, 0.5) is 11.5 Å². The van der Waals surface area contributed by atoms with Crippen molar-refractivity contribution in [2.45, 2.75) is 33.2 Å². The Kier molecular flexibility index (Phi) is 4.29. The topological polar surface area (TPSA) is 81.0 Å². The minimum atomic E-state index is -0.423. The van der Waals surface area contributed by atoms with Crippen LogP contribution < -0.4 is 5.32 Å². The maximum atomic E-state index is 10.8. The first kappa shape index (κ1) is 14.4. The van der Waals surface area contributed by atoms with Crippen molar-refractivity contribution in [2.24, 2.45) is 0 Å². The van der Waals surface area contributed by atoms with Crippen molar-refractivity contribution in [3.63, 3.8) is 0 Å². The number of hydrogen-bond acceptors (Lipinski definition) is 6. The van der Waals surface area contributed by atoms with Crippen LogP contribution in [0.3, 0.4) is 0 Å². The van der Waals surface area contributed by atoms with Crippen molar-refractivity contribution in [3.05, 3.63) is 44.0 Å². The van der Waals surface area contributed by atoms with Gasteiger partial charge in [0, 0.05) is 16.6 Å². The molecule has 1 atom stereocenters. The largest absolute Gasteiger partial charge is 0.361 e. The minimum absolute atomic E-state index is 0.0358. The molecule has 106 valence electrons. The molecule has 0 fully saturated rings. The highest BCUT2D eigenvalue weighted by Crippen LogP contribution is 2.26. The Labute approximate surface area is 121 Å². The summed E-state index contributed by atoms with van der Waals surface area (Å²) in [6, 6.07) is 1.77. The molecule has 2 aromatic heterocycles. The molecule has 0 bridgehead atoms. The van der Waals surface area contributed by atoms with Crippen molar-refractivity contribution in [3.8, 4) is 0 Å². The number of nitrogens with one attached hydrogen (secondary N) is 1. The number of nitro groups is 1. The second kappa shape index (κ2) is 5.96. The van der Waals surface area contributed by atoms with Gasteiger partial charge in [0.1, 0.15) is 17.0 Å². The molecule has 0 aliphatic rings. The van der Waals surface area contributed by atoms with Crippen LogP contribution >= 0.6 is 11.3 Å². The standard InChI is InChI=1S/C13H16N4O2S/c1-4-10(13-15-9(3)7-20-13)16-12-5-8(2)11(6-14-12)17(18)19/h5-7,10H,4H2,1-3H3,(H,14,16). The molecule has 7 heteroatoms. The zero-order valence-corrected chi connectivity index (χ0v) is 12.4. The van der Waals surface area contributed by atoms with Crippen LogP contribution in [0.5, 0.6) is 0 Å². The van der Waals surface area contributed by atoms with Crippen molar-refractivity contribution >= 4 is 22.8 Å². The Morgan fingerprint density at radius 1 is 1.50 bits per heavy atom. The highest BCUT2D eigenvalue weighted by molar-refractivity contribution is 7.09. The van der Waals surface area contributed by atoms with E-state index in [4.69, 9.17) is 0 Å². The molecule has 2 rings (SSSR count). The molecule has 0 aromatic carbocycles. The summed E-state index contributed by atoms with van der Waals surface area (Å²) < 4.78 is 0. The summed E-state index contributed by atoms with van der Waals surface area (Å²) >= 11 is 1.60. The number of thiazole rings is 1. The molecule has 6 nitrogen and oxygen atoms in total. The fourth-order valence-electron chi connectivity index (χ4n) is 1.87. The number of anilines is 1. The average Bonchev–Trinajstić information content (AvgIpc) is 2.82. The van der Waals surface area contributed by atoms with Crippen molar-refractivity contribution in [2.75, 3.05) is 5.32 Å². The van der Waals surface area contributed by atoms with Gasteiger partial charge in [0.2, 0.25) is 0 Å². The molecule has 0 radical (unpaired) electrons. The third-order valence-corrected chi connectivity index (χ3v) is 4.02. The second-order valence-electron chi connectivity index (χ2n) is 4.55. The van der Waals surface area contributed by atoms with Gasteiger partial charge in [-0.2, -0.15) is 0 Å². The molecular formula is C13H16N4O2S. The van der Waals surface area contributed by atoms with Gasteiger partial charge < -0.3 is 5.32 Å². The molecule has 0 spiro atoms. The third kappa shape index (κ3) is 3.11. The van der Waals surface area contributed by atoms with E-state index >= 15 is 0 Å². The van der Waals surface area contributed by atoms with Gasteiger partial charge in [0.15, 0.2) is 0 Å². The lowest BCUT2D eigenvalue weighted by Crippen LogP contribution is -2.11. The molecule has 0 saturated heterocycles. The van der Waals surface area contributed by atoms with Gasteiger partial charge in [-0.05, 0) is 26.3 Å². The first-order chi connectivity index (χ1) is 9.51. The lowest BCUT2D eigenvalue weighted by Gasteiger charge is -2.15. The molecule has 20 heavy (non-hydrogen) atoms. The first-order valence-corrected chi connectivity index (χ1v) is 7.18. The Morgan fingerprint density at radius 3 is 2.75 bits per heavy atom. The quantitative estimate of drug-likeness (QED) is 0.672. The van der Waals surface area contributed by atoms with Crippen LogP contribution in [0.1, 0.15) is 35.7 Å². The summed E-state index contributed by atoms with van der Waals surface area (Å²) in [5.41, 5.74) is 1.63. The fourth-order valence-corrected chi connectivity index (χ4v) is 2.80. The number of rotatable bonds is 5. The first-order valence-electron chi connectivity index (χ1n) is 6.31. The summed E-state index contributed by atoms with van der Waals surface area (Å²) in [5.74, 6) is 0.632. The second-order valence-corrected chi connectivity index (χ2v) is 5.44. The Morgan fingerprint density at radius 2 is 2.25 bits per heavy atom. The summed E-state index contributed by atoms with van der Waals surface area (Å²) in [6.07, 6.45) is 2.15. The fraction of sp³-hybridized carbons (Fsp3) is 0.385. The monoisotopic (exact) mass is 292 g/mol. The molecule has 1 N–H and O–H groups in total. The Hall–Kier alpha value is -2.02. The summed E-state index contributed by atoms with van der Waals surface area (Å²) in [6.45, 7) is 5.73. The van der Waals surface area contributed by atoms with Gasteiger partial charge in [-0.25, -0.2) is 9.97 Å². The van der Waals surface area contributed by atoms with E-state index in [9.17, 15) is 10.1 Å². The zero-order chi connectivity index (χ0) is 14.7. The zero-order valence-electron chi connectivity index (χ0n) is 11.6. The number of hydrogen-bond donors (Lipinski definition) is 1. The average molecular weight is 292 g/mol. The minimum Gasteiger partial charge on any atom is -0.361 e. The van der Waals surface area contributed by atoms with E-state index in [1.165, 1.54) is 6.20 Å². The van der Waals surface area contributed by atoms with Gasteiger partial charge in [0.25, 0.3) is 5.69 Å². The normalized spacial score (nSPS) is 12.2. The Bertz CT molecular complexity index is 627. The van der Waals surface area contributed by atoms with Gasteiger partial charge in [0.05, 0.1) is 11.0 Å². The molecule has 0 saturated carbocycles. The third-order valence-electron chi connectivity index (χ3n) is 2.95. The predicted molar refractivity (Wildman–Crippen MR) is 79.1 cm³/mol. The smallest absolute Gasteiger partial charge is 0.290 e. The van der Waals surface area contributed by atoms with Gasteiger partial charge >= 0.3 is 0 Å². The van der Waals surface area contributed by atoms with Crippen LogP contribution in [-0.2, 0) is 0 Å². The molecule has 2 heterocycles.